The Morgan fingerprint density at radius 1 is 1.40 bits per heavy atom. The SMILES string of the molecule is CN=C(C)C=CC(=CN)OCCN(C)C. The van der Waals surface area contributed by atoms with Crippen molar-refractivity contribution >= 4 is 5.71 Å². The van der Waals surface area contributed by atoms with E-state index < -0.39 is 0 Å². The van der Waals surface area contributed by atoms with Gasteiger partial charge in [0.2, 0.25) is 0 Å². The first kappa shape index (κ1) is 13.7. The summed E-state index contributed by atoms with van der Waals surface area (Å²) < 4.78 is 5.45. The van der Waals surface area contributed by atoms with Gasteiger partial charge < -0.3 is 15.4 Å². The average Bonchev–Trinajstić information content (AvgIpc) is 2.22. The van der Waals surface area contributed by atoms with Gasteiger partial charge in [-0.1, -0.05) is 0 Å². The molecule has 0 aromatic carbocycles. The molecule has 0 saturated carbocycles. The van der Waals surface area contributed by atoms with Crippen LogP contribution in [0.5, 0.6) is 0 Å². The van der Waals surface area contributed by atoms with Gasteiger partial charge in [0.25, 0.3) is 0 Å². The number of aliphatic imine (C=N–C) groups is 1. The lowest BCUT2D eigenvalue weighted by Crippen LogP contribution is -2.17. The van der Waals surface area contributed by atoms with Crippen LogP contribution in [0.1, 0.15) is 6.92 Å². The molecule has 2 N–H and O–H groups in total. The van der Waals surface area contributed by atoms with Crippen LogP contribution < -0.4 is 5.73 Å². The normalized spacial score (nSPS) is 13.9. The average molecular weight is 211 g/mol. The highest BCUT2D eigenvalue weighted by atomic mass is 16.5. The molecule has 0 heterocycles. The fraction of sp³-hybridized carbons (Fsp3) is 0.545. The van der Waals surface area contributed by atoms with Gasteiger partial charge in [-0.2, -0.15) is 0 Å². The molecule has 0 aliphatic rings. The molecule has 0 amide bonds. The molecule has 0 fully saturated rings. The van der Waals surface area contributed by atoms with Crippen molar-refractivity contribution in [3.8, 4) is 0 Å². The summed E-state index contributed by atoms with van der Waals surface area (Å²) in [6.45, 7) is 3.42. The highest BCUT2D eigenvalue weighted by molar-refractivity contribution is 5.92. The van der Waals surface area contributed by atoms with Gasteiger partial charge >= 0.3 is 0 Å². The molecule has 0 spiro atoms. The molecule has 4 nitrogen and oxygen atoms in total. The highest BCUT2D eigenvalue weighted by Crippen LogP contribution is 1.98. The van der Waals surface area contributed by atoms with Crippen molar-refractivity contribution in [2.75, 3.05) is 34.3 Å². The van der Waals surface area contributed by atoms with Crippen LogP contribution in [0.3, 0.4) is 0 Å². The summed E-state index contributed by atoms with van der Waals surface area (Å²) in [5.74, 6) is 0.667. The van der Waals surface area contributed by atoms with Crippen LogP contribution in [-0.2, 0) is 4.74 Å². The Bertz CT molecular complexity index is 255. The third-order valence-corrected chi connectivity index (χ3v) is 1.81. The minimum atomic E-state index is 0.628. The molecule has 0 saturated heterocycles. The Morgan fingerprint density at radius 2 is 2.07 bits per heavy atom. The molecule has 15 heavy (non-hydrogen) atoms. The molecule has 0 bridgehead atoms. The van der Waals surface area contributed by atoms with Crippen LogP contribution in [-0.4, -0.2) is 44.9 Å². The molecule has 0 aliphatic carbocycles. The van der Waals surface area contributed by atoms with E-state index in [1.54, 1.807) is 7.05 Å². The summed E-state index contributed by atoms with van der Waals surface area (Å²) in [4.78, 5) is 6.05. The zero-order valence-electron chi connectivity index (χ0n) is 10.0. The van der Waals surface area contributed by atoms with E-state index in [1.165, 1.54) is 6.20 Å². The van der Waals surface area contributed by atoms with Gasteiger partial charge in [0, 0.05) is 25.5 Å². The Kier molecular flexibility index (Phi) is 7.36. The van der Waals surface area contributed by atoms with Crippen LogP contribution in [0, 0.1) is 0 Å². The molecule has 0 aromatic rings. The van der Waals surface area contributed by atoms with E-state index in [9.17, 15) is 0 Å². The highest BCUT2D eigenvalue weighted by Gasteiger charge is 1.94. The summed E-state index contributed by atoms with van der Waals surface area (Å²) in [7, 11) is 5.75. The lowest BCUT2D eigenvalue weighted by atomic mass is 10.3. The van der Waals surface area contributed by atoms with Crippen LogP contribution in [0.2, 0.25) is 0 Å². The monoisotopic (exact) mass is 211 g/mol. The molecule has 4 heteroatoms. The van der Waals surface area contributed by atoms with Crippen molar-refractivity contribution in [2.24, 2.45) is 10.7 Å². The molecular formula is C11H21N3O. The number of hydrogen-bond acceptors (Lipinski definition) is 4. The number of nitrogens with two attached hydrogens (primary N) is 1. The van der Waals surface area contributed by atoms with Crippen LogP contribution >= 0.6 is 0 Å². The number of allylic oxidation sites excluding steroid dienone is 2. The molecule has 0 radical (unpaired) electrons. The molecule has 0 aromatic heterocycles. The van der Waals surface area contributed by atoms with Gasteiger partial charge in [-0.3, -0.25) is 4.99 Å². The maximum absolute atomic E-state index is 5.45. The zero-order valence-corrected chi connectivity index (χ0v) is 10.0. The maximum Gasteiger partial charge on any atom is 0.134 e. The lowest BCUT2D eigenvalue weighted by molar-refractivity contribution is 0.192. The van der Waals surface area contributed by atoms with Gasteiger partial charge in [-0.15, -0.1) is 0 Å². The molecule has 86 valence electrons. The molecular weight excluding hydrogens is 190 g/mol. The van der Waals surface area contributed by atoms with Gasteiger partial charge in [0.1, 0.15) is 12.4 Å². The second-order valence-electron chi connectivity index (χ2n) is 3.42. The molecule has 0 atom stereocenters. The molecule has 0 unspecified atom stereocenters. The standard InChI is InChI=1S/C11H21N3O/c1-10(13-2)5-6-11(9-12)15-8-7-14(3)4/h5-6,9H,7-8,12H2,1-4H3. The van der Waals surface area contributed by atoms with Crippen molar-refractivity contribution in [3.63, 3.8) is 0 Å². The zero-order chi connectivity index (χ0) is 11.7. The minimum absolute atomic E-state index is 0.628. The summed E-state index contributed by atoms with van der Waals surface area (Å²) in [6, 6.07) is 0. The Labute approximate surface area is 92.1 Å². The number of rotatable bonds is 6. The fourth-order valence-electron chi connectivity index (χ4n) is 0.775. The van der Waals surface area contributed by atoms with Gasteiger partial charge in [0.15, 0.2) is 0 Å². The molecule has 0 rings (SSSR count). The van der Waals surface area contributed by atoms with E-state index in [4.69, 9.17) is 10.5 Å². The first-order chi connectivity index (χ1) is 7.10. The Morgan fingerprint density at radius 3 is 2.53 bits per heavy atom. The second kappa shape index (κ2) is 8.05. The van der Waals surface area contributed by atoms with Gasteiger partial charge in [-0.25, -0.2) is 0 Å². The molecule has 0 aliphatic heterocycles. The van der Waals surface area contributed by atoms with Crippen LogP contribution in [0.25, 0.3) is 0 Å². The predicted molar refractivity (Wildman–Crippen MR) is 64.9 cm³/mol. The third kappa shape index (κ3) is 7.76. The smallest absolute Gasteiger partial charge is 0.134 e. The predicted octanol–water partition coefficient (Wildman–Crippen LogP) is 1.01. The number of ether oxygens (including phenoxy) is 1. The lowest BCUT2D eigenvalue weighted by Gasteiger charge is -2.10. The first-order valence-corrected chi connectivity index (χ1v) is 4.91. The van der Waals surface area contributed by atoms with Gasteiger partial charge in [-0.05, 0) is 33.2 Å². The summed E-state index contributed by atoms with van der Waals surface area (Å²) in [6.07, 6.45) is 5.14. The number of nitrogens with zero attached hydrogens (tertiary/aromatic N) is 2. The summed E-state index contributed by atoms with van der Waals surface area (Å²) in [5.41, 5.74) is 6.36. The fourth-order valence-corrected chi connectivity index (χ4v) is 0.775. The van der Waals surface area contributed by atoms with E-state index >= 15 is 0 Å². The quantitative estimate of drug-likeness (QED) is 0.405. The largest absolute Gasteiger partial charge is 0.491 e. The van der Waals surface area contributed by atoms with Gasteiger partial charge in [0.05, 0.1) is 0 Å². The van der Waals surface area contributed by atoms with Crippen molar-refractivity contribution in [1.82, 2.24) is 4.90 Å². The summed E-state index contributed by atoms with van der Waals surface area (Å²) >= 11 is 0. The minimum Gasteiger partial charge on any atom is -0.491 e. The number of likely N-dealkylation sites (N-methyl/N-ethyl adjacent to an activating group) is 1. The van der Waals surface area contributed by atoms with Crippen LogP contribution in [0.15, 0.2) is 29.1 Å². The van der Waals surface area contributed by atoms with Crippen molar-refractivity contribution in [1.29, 1.82) is 0 Å². The van der Waals surface area contributed by atoms with Crippen LogP contribution in [0.4, 0.5) is 0 Å². The van der Waals surface area contributed by atoms with E-state index in [1.807, 2.05) is 33.2 Å². The third-order valence-electron chi connectivity index (χ3n) is 1.81. The van der Waals surface area contributed by atoms with E-state index in [-0.39, 0.29) is 0 Å². The maximum atomic E-state index is 5.45. The number of hydrogen-bond donors (Lipinski definition) is 1. The van der Waals surface area contributed by atoms with E-state index in [2.05, 4.69) is 9.89 Å². The Hall–Kier alpha value is -1.29. The second-order valence-corrected chi connectivity index (χ2v) is 3.42. The Balaban J connectivity index is 4.00. The van der Waals surface area contributed by atoms with Crippen molar-refractivity contribution in [3.05, 3.63) is 24.1 Å². The van der Waals surface area contributed by atoms with Crippen molar-refractivity contribution < 1.29 is 4.74 Å². The van der Waals surface area contributed by atoms with E-state index in [0.717, 1.165) is 12.3 Å². The first-order valence-electron chi connectivity index (χ1n) is 4.91. The van der Waals surface area contributed by atoms with Crippen molar-refractivity contribution in [2.45, 2.75) is 6.92 Å². The van der Waals surface area contributed by atoms with E-state index in [0.29, 0.717) is 12.4 Å². The topological polar surface area (TPSA) is 50.9 Å². The summed E-state index contributed by atoms with van der Waals surface area (Å²) in [5, 5.41) is 0.